The van der Waals surface area contributed by atoms with E-state index in [0.29, 0.717) is 47.6 Å². The van der Waals surface area contributed by atoms with Crippen LogP contribution in [0.25, 0.3) is 11.1 Å². The molecule has 0 radical (unpaired) electrons. The van der Waals surface area contributed by atoms with Gasteiger partial charge >= 0.3 is 5.97 Å². The van der Waals surface area contributed by atoms with Crippen LogP contribution in [0.3, 0.4) is 0 Å². The van der Waals surface area contributed by atoms with E-state index in [1.54, 1.807) is 26.0 Å². The van der Waals surface area contributed by atoms with Gasteiger partial charge in [0, 0.05) is 17.4 Å². The van der Waals surface area contributed by atoms with Crippen LogP contribution in [0.15, 0.2) is 30.3 Å². The Hall–Kier alpha value is -4.38. The van der Waals surface area contributed by atoms with E-state index in [1.165, 1.54) is 20.3 Å². The normalized spacial score (nSPS) is 27.0. The highest BCUT2D eigenvalue weighted by Crippen LogP contribution is 2.54. The van der Waals surface area contributed by atoms with E-state index in [2.05, 4.69) is 0 Å². The number of rotatable bonds is 10. The second kappa shape index (κ2) is 13.5. The maximum absolute atomic E-state index is 14.2. The molecule has 0 aliphatic heterocycles. The molecule has 0 spiro atoms. The van der Waals surface area contributed by atoms with E-state index in [-0.39, 0.29) is 36.0 Å². The highest BCUT2D eigenvalue weighted by atomic mass is 16.5. The molecule has 5 rings (SSSR count). The minimum atomic E-state index is -2.75. The first-order valence-corrected chi connectivity index (χ1v) is 16.9. The van der Waals surface area contributed by atoms with Crippen molar-refractivity contribution in [3.63, 3.8) is 0 Å². The number of esters is 1. The minimum absolute atomic E-state index is 0.0130. The van der Waals surface area contributed by atoms with Crippen LogP contribution in [0.2, 0.25) is 0 Å². The number of methoxy groups -OCH3 is 2. The first-order valence-electron chi connectivity index (χ1n) is 16.9. The molecule has 4 N–H and O–H groups in total. The van der Waals surface area contributed by atoms with Crippen LogP contribution in [-0.2, 0) is 41.6 Å². The zero-order chi connectivity index (χ0) is 36.1. The lowest BCUT2D eigenvalue weighted by molar-refractivity contribution is -0.182. The predicted molar refractivity (Wildman–Crippen MR) is 177 cm³/mol. The summed E-state index contributed by atoms with van der Waals surface area (Å²) in [6, 6.07) is 8.68. The fourth-order valence-corrected chi connectivity index (χ4v) is 8.64. The van der Waals surface area contributed by atoms with Gasteiger partial charge in [0.1, 0.15) is 11.5 Å². The van der Waals surface area contributed by atoms with E-state index in [9.17, 15) is 39.0 Å². The third kappa shape index (κ3) is 5.96. The molecule has 11 nitrogen and oxygen atoms in total. The van der Waals surface area contributed by atoms with Gasteiger partial charge in [0.2, 0.25) is 5.91 Å². The summed E-state index contributed by atoms with van der Waals surface area (Å²) >= 11 is 0. The van der Waals surface area contributed by atoms with Crippen molar-refractivity contribution in [1.82, 2.24) is 0 Å². The summed E-state index contributed by atoms with van der Waals surface area (Å²) in [5.41, 5.74) is 5.23. The van der Waals surface area contributed by atoms with Crippen molar-refractivity contribution < 1.29 is 48.5 Å². The lowest BCUT2D eigenvalue weighted by atomic mass is 9.49. The summed E-state index contributed by atoms with van der Waals surface area (Å²) in [5, 5.41) is 22.9. The van der Waals surface area contributed by atoms with E-state index in [0.717, 1.165) is 5.56 Å². The van der Waals surface area contributed by atoms with Gasteiger partial charge in [-0.1, -0.05) is 39.8 Å². The third-order valence-corrected chi connectivity index (χ3v) is 10.8. The number of nitrogens with two attached hydrogens (primary N) is 1. The Balaban J connectivity index is 1.57. The zero-order valence-corrected chi connectivity index (χ0v) is 28.8. The molecular weight excluding hydrogens is 630 g/mol. The average Bonchev–Trinajstić information content (AvgIpc) is 3.03. The molecule has 2 saturated carbocycles. The fraction of sp³-hybridized carbons (Fsp3) is 0.526. The number of phenols is 1. The molecule has 2 fully saturated rings. The number of amides is 1. The first-order chi connectivity index (χ1) is 23.1. The van der Waals surface area contributed by atoms with Crippen LogP contribution in [0.4, 0.5) is 0 Å². The second-order valence-corrected chi connectivity index (χ2v) is 14.6. The van der Waals surface area contributed by atoms with E-state index in [1.807, 2.05) is 26.0 Å². The zero-order valence-electron chi connectivity index (χ0n) is 28.8. The molecule has 11 heteroatoms. The number of benzene rings is 2. The number of primary amides is 1. The number of carbonyl (C=O) groups excluding carboxylic acids is 6. The number of aliphatic hydroxyl groups is 1. The molecule has 0 aromatic heterocycles. The molecule has 0 bridgehead atoms. The van der Waals surface area contributed by atoms with Crippen LogP contribution in [0.1, 0.15) is 68.4 Å². The van der Waals surface area contributed by atoms with Gasteiger partial charge in [-0.15, -0.1) is 0 Å². The molecule has 3 aliphatic rings. The summed E-state index contributed by atoms with van der Waals surface area (Å²) < 4.78 is 10.8. The number of aromatic hydroxyl groups is 1. The van der Waals surface area contributed by atoms with E-state index >= 15 is 0 Å². The van der Waals surface area contributed by atoms with Crippen LogP contribution < -0.4 is 10.5 Å². The average molecular weight is 676 g/mol. The molecular formula is C38H45NO10. The molecule has 2 aromatic carbocycles. The van der Waals surface area contributed by atoms with Crippen molar-refractivity contribution >= 4 is 35.0 Å². The van der Waals surface area contributed by atoms with Crippen LogP contribution in [0, 0.1) is 47.3 Å². The number of ketones is 4. The molecule has 0 saturated heterocycles. The lowest BCUT2D eigenvalue weighted by Crippen LogP contribution is -2.71. The monoisotopic (exact) mass is 675 g/mol. The quantitative estimate of drug-likeness (QED) is 0.248. The van der Waals surface area contributed by atoms with Crippen LogP contribution >= 0.6 is 0 Å². The summed E-state index contributed by atoms with van der Waals surface area (Å²) in [6.07, 6.45) is 1.92. The molecule has 1 amide bonds. The Bertz CT molecular complexity index is 1730. The van der Waals surface area contributed by atoms with Gasteiger partial charge < -0.3 is 25.4 Å². The van der Waals surface area contributed by atoms with Crippen molar-refractivity contribution in [2.75, 3.05) is 14.2 Å². The van der Waals surface area contributed by atoms with Crippen LogP contribution in [-0.4, -0.2) is 65.0 Å². The van der Waals surface area contributed by atoms with Crippen molar-refractivity contribution in [3.8, 4) is 22.6 Å². The molecule has 7 atom stereocenters. The van der Waals surface area contributed by atoms with Gasteiger partial charge in [0.15, 0.2) is 34.7 Å². The molecule has 0 heterocycles. The van der Waals surface area contributed by atoms with Crippen LogP contribution in [0.5, 0.6) is 11.5 Å². The highest BCUT2D eigenvalue weighted by Gasteiger charge is 2.69. The Morgan fingerprint density at radius 3 is 2.29 bits per heavy atom. The van der Waals surface area contributed by atoms with E-state index in [4.69, 9.17) is 15.2 Å². The Labute approximate surface area is 285 Å². The molecule has 49 heavy (non-hydrogen) atoms. The summed E-state index contributed by atoms with van der Waals surface area (Å²) in [5.74, 6) is -11.9. The molecule has 3 unspecified atom stereocenters. The number of carbonyl (C=O) groups is 6. The maximum Gasteiger partial charge on any atom is 0.308 e. The first kappa shape index (κ1) is 35.9. The summed E-state index contributed by atoms with van der Waals surface area (Å²) in [4.78, 5) is 80.1. The molecule has 262 valence electrons. The van der Waals surface area contributed by atoms with E-state index < -0.39 is 70.1 Å². The van der Waals surface area contributed by atoms with Gasteiger partial charge in [0.05, 0.1) is 31.6 Å². The highest BCUT2D eigenvalue weighted by molar-refractivity contribution is 6.32. The standard InChI is InChI=1S/C38H45NO10/c1-17(2)13-20(37(46)49-6)9-7-19-8-12-27(48-5)23(14-19)22-10-11-26(40)30-24(22)15-21-16-25-28(18(3)4)32(41)31(36(39)45)35(44)38(25,47)34(43)29(21)33(30)42/h8,10-12,14,17-18,20-21,25,28-29,31,40,47H,7,9,13,15-16H2,1-6H3,(H2,39,45)/t20?,21-,25-,28-,29?,31?,38-/m0/s1. The number of hydrogen-bond acceptors (Lipinski definition) is 10. The smallest absolute Gasteiger partial charge is 0.308 e. The number of phenolic OH excluding ortho intramolecular Hbond substituents is 1. The van der Waals surface area contributed by atoms with Gasteiger partial charge in [0.25, 0.3) is 0 Å². The number of ether oxygens (including phenoxy) is 2. The Kier molecular flexibility index (Phi) is 9.89. The molecule has 3 aliphatic carbocycles. The fourth-order valence-electron chi connectivity index (χ4n) is 8.64. The van der Waals surface area contributed by atoms with Crippen molar-refractivity contribution in [1.29, 1.82) is 0 Å². The van der Waals surface area contributed by atoms with Crippen molar-refractivity contribution in [2.24, 2.45) is 53.1 Å². The van der Waals surface area contributed by atoms with Gasteiger partial charge in [-0.3, -0.25) is 28.8 Å². The Morgan fingerprint density at radius 2 is 1.69 bits per heavy atom. The topological polar surface area (TPSA) is 187 Å². The number of Topliss-reactive ketones (excluding diaryl/α,β-unsaturated/α-hetero) is 4. The largest absolute Gasteiger partial charge is 0.507 e. The van der Waals surface area contributed by atoms with Crippen molar-refractivity contribution in [2.45, 2.75) is 65.4 Å². The van der Waals surface area contributed by atoms with Crippen molar-refractivity contribution in [3.05, 3.63) is 47.0 Å². The lowest BCUT2D eigenvalue weighted by Gasteiger charge is -2.52. The third-order valence-electron chi connectivity index (χ3n) is 10.8. The predicted octanol–water partition coefficient (Wildman–Crippen LogP) is 3.65. The SMILES string of the molecule is COC(=O)C(CCc1ccc(OC)c(-c2ccc(O)c3c2C[C@H]2C[C@H]4[C@H](C(C)C)C(=O)C(C(N)=O)C(=O)[C@@]4(O)C(=O)C2C3=O)c1)CC(C)C. The maximum atomic E-state index is 14.2. The van der Waals surface area contributed by atoms with Gasteiger partial charge in [-0.25, -0.2) is 0 Å². The Morgan fingerprint density at radius 1 is 1.00 bits per heavy atom. The molecule has 2 aromatic rings. The summed E-state index contributed by atoms with van der Waals surface area (Å²) in [7, 11) is 2.90. The number of aryl methyl sites for hydroxylation is 1. The number of hydrogen-bond donors (Lipinski definition) is 3. The van der Waals surface area contributed by atoms with Gasteiger partial charge in [-0.2, -0.15) is 0 Å². The minimum Gasteiger partial charge on any atom is -0.507 e. The number of fused-ring (bicyclic) bond motifs is 3. The second-order valence-electron chi connectivity index (χ2n) is 14.6. The summed E-state index contributed by atoms with van der Waals surface area (Å²) in [6.45, 7) is 7.51. The van der Waals surface area contributed by atoms with Gasteiger partial charge in [-0.05, 0) is 84.7 Å².